The molecule has 1 aliphatic heterocycles. The van der Waals surface area contributed by atoms with Crippen molar-refractivity contribution >= 4 is 27.3 Å². The van der Waals surface area contributed by atoms with Crippen LogP contribution >= 0.6 is 0 Å². The summed E-state index contributed by atoms with van der Waals surface area (Å²) < 4.78 is 104. The summed E-state index contributed by atoms with van der Waals surface area (Å²) in [6.45, 7) is 0.709. The van der Waals surface area contributed by atoms with Crippen LogP contribution in [0.5, 0.6) is 5.75 Å². The van der Waals surface area contributed by atoms with Crippen LogP contribution in [0.3, 0.4) is 0 Å². The van der Waals surface area contributed by atoms with E-state index >= 15 is 0 Å². The van der Waals surface area contributed by atoms with E-state index in [1.807, 2.05) is 0 Å². The number of carbonyl (C=O) groups excluding carboxylic acids is 1. The molecule has 9 nitrogen and oxygen atoms in total. The lowest BCUT2D eigenvalue weighted by molar-refractivity contribution is -0.281. The molecule has 1 amide bonds. The molecule has 1 fully saturated rings. The van der Waals surface area contributed by atoms with Gasteiger partial charge >= 0.3 is 6.18 Å². The summed E-state index contributed by atoms with van der Waals surface area (Å²) in [4.78, 5) is 18.3. The van der Waals surface area contributed by atoms with Crippen LogP contribution < -0.4 is 20.1 Å². The Kier molecular flexibility index (Phi) is 7.22. The number of halogens is 5. The highest BCUT2D eigenvalue weighted by Crippen LogP contribution is 2.49. The average molecular weight is 538 g/mol. The number of piperidine rings is 1. The Balaban J connectivity index is 2.14. The van der Waals surface area contributed by atoms with Crippen molar-refractivity contribution < 1.29 is 44.6 Å². The van der Waals surface area contributed by atoms with Crippen LogP contribution in [0, 0.1) is 11.6 Å². The van der Waals surface area contributed by atoms with Crippen molar-refractivity contribution in [1.82, 2.24) is 4.98 Å². The first-order valence-electron chi connectivity index (χ1n) is 10.3. The number of aromatic nitrogens is 1. The quantitative estimate of drug-likeness (QED) is 0.542. The van der Waals surface area contributed by atoms with E-state index in [0.29, 0.717) is 0 Å². The molecule has 0 aliphatic carbocycles. The van der Waals surface area contributed by atoms with Gasteiger partial charge in [-0.25, -0.2) is 22.9 Å². The number of amides is 1. The van der Waals surface area contributed by atoms with E-state index in [0.717, 1.165) is 43.5 Å². The highest BCUT2D eigenvalue weighted by atomic mass is 32.2. The van der Waals surface area contributed by atoms with Crippen molar-refractivity contribution in [2.75, 3.05) is 31.0 Å². The number of nitrogens with zero attached hydrogens (tertiary/aromatic N) is 2. The molecule has 15 heteroatoms. The van der Waals surface area contributed by atoms with Crippen LogP contribution in [-0.2, 0) is 19.6 Å². The van der Waals surface area contributed by atoms with Crippen LogP contribution in [0.4, 0.5) is 33.3 Å². The van der Waals surface area contributed by atoms with Crippen LogP contribution in [0.15, 0.2) is 35.5 Å². The summed E-state index contributed by atoms with van der Waals surface area (Å²) in [5, 5.41) is 6.83. The number of ether oxygens (including phenoxy) is 2. The Morgan fingerprint density at radius 1 is 1.22 bits per heavy atom. The number of nitrogens with one attached hydrogen (secondary N) is 1. The monoisotopic (exact) mass is 538 g/mol. The Hall–Kier alpha value is -3.04. The van der Waals surface area contributed by atoms with Crippen molar-refractivity contribution in [3.63, 3.8) is 0 Å². The predicted molar refractivity (Wildman–Crippen MR) is 118 cm³/mol. The van der Waals surface area contributed by atoms with E-state index in [9.17, 15) is 35.2 Å². The van der Waals surface area contributed by atoms with E-state index in [4.69, 9.17) is 14.6 Å². The number of methoxy groups -OCH3 is 2. The van der Waals surface area contributed by atoms with Crippen molar-refractivity contribution in [3.8, 4) is 5.75 Å². The minimum absolute atomic E-state index is 0.127. The van der Waals surface area contributed by atoms with Gasteiger partial charge in [0.2, 0.25) is 11.7 Å². The second-order valence-corrected chi connectivity index (χ2v) is 9.85. The number of sulfonamides is 1. The van der Waals surface area contributed by atoms with Gasteiger partial charge in [-0.15, -0.1) is 0 Å². The zero-order valence-electron chi connectivity index (χ0n) is 19.3. The predicted octanol–water partition coefficient (Wildman–Crippen LogP) is 2.96. The molecule has 0 bridgehead atoms. The lowest BCUT2D eigenvalue weighted by Crippen LogP contribution is -2.67. The largest absolute Gasteiger partial charge is 0.491 e. The third kappa shape index (κ3) is 4.82. The first kappa shape index (κ1) is 27.5. The van der Waals surface area contributed by atoms with Gasteiger partial charge in [0.05, 0.1) is 12.8 Å². The molecule has 0 spiro atoms. The smallest absolute Gasteiger partial charge is 0.417 e. The van der Waals surface area contributed by atoms with Crippen LogP contribution in [-0.4, -0.2) is 57.4 Å². The number of carbonyl (C=O) groups is 1. The van der Waals surface area contributed by atoms with Crippen molar-refractivity contribution in [2.45, 2.75) is 42.1 Å². The normalized spacial score (nSPS) is 22.9. The number of rotatable bonds is 6. The summed E-state index contributed by atoms with van der Waals surface area (Å²) >= 11 is 0. The molecular weight excluding hydrogens is 515 g/mol. The van der Waals surface area contributed by atoms with Crippen LogP contribution in [0.1, 0.15) is 19.8 Å². The van der Waals surface area contributed by atoms with Gasteiger partial charge in [-0.05, 0) is 25.1 Å². The van der Waals surface area contributed by atoms with Gasteiger partial charge in [0.1, 0.15) is 5.54 Å². The number of hydrogen-bond acceptors (Lipinski definition) is 7. The Labute approximate surface area is 203 Å². The molecule has 36 heavy (non-hydrogen) atoms. The number of alkyl halides is 3. The highest BCUT2D eigenvalue weighted by molar-refractivity contribution is 7.89. The molecular formula is C21H23F5N4O5S. The van der Waals surface area contributed by atoms with Gasteiger partial charge in [0.15, 0.2) is 22.2 Å². The first-order chi connectivity index (χ1) is 16.6. The SMILES string of the molecule is COc1c(N2CC[C@@](OC)(C(F)(F)F)C[C@@]2(C)C(=O)Nc2ccnc(S(N)(=O)=O)c2)ccc(F)c1F. The van der Waals surface area contributed by atoms with E-state index in [1.165, 1.54) is 13.0 Å². The number of benzene rings is 1. The summed E-state index contributed by atoms with van der Waals surface area (Å²) in [5.41, 5.74) is -5.11. The number of hydrogen-bond donors (Lipinski definition) is 2. The van der Waals surface area contributed by atoms with E-state index in [2.05, 4.69) is 10.3 Å². The molecule has 3 N–H and O–H groups in total. The van der Waals surface area contributed by atoms with E-state index in [-0.39, 0.29) is 11.4 Å². The molecule has 1 saturated heterocycles. The molecule has 0 saturated carbocycles. The molecule has 2 heterocycles. The second-order valence-electron chi connectivity index (χ2n) is 8.34. The van der Waals surface area contributed by atoms with Gasteiger partial charge in [-0.3, -0.25) is 4.79 Å². The topological polar surface area (TPSA) is 124 Å². The van der Waals surface area contributed by atoms with Gasteiger partial charge < -0.3 is 19.7 Å². The third-order valence-electron chi connectivity index (χ3n) is 6.17. The summed E-state index contributed by atoms with van der Waals surface area (Å²) in [7, 11) is -2.34. The molecule has 1 aromatic heterocycles. The van der Waals surface area contributed by atoms with Crippen molar-refractivity contribution in [1.29, 1.82) is 0 Å². The molecule has 2 atom stereocenters. The second kappa shape index (κ2) is 9.44. The maximum Gasteiger partial charge on any atom is 0.417 e. The van der Waals surface area contributed by atoms with Gasteiger partial charge in [-0.1, -0.05) is 0 Å². The fourth-order valence-electron chi connectivity index (χ4n) is 4.24. The zero-order valence-corrected chi connectivity index (χ0v) is 20.1. The van der Waals surface area contributed by atoms with Crippen molar-refractivity contribution in [2.24, 2.45) is 5.14 Å². The fraction of sp³-hybridized carbons (Fsp3) is 0.429. The molecule has 198 valence electrons. The minimum Gasteiger partial charge on any atom is -0.491 e. The number of pyridine rings is 1. The lowest BCUT2D eigenvalue weighted by Gasteiger charge is -2.52. The average Bonchev–Trinajstić information content (AvgIpc) is 2.79. The number of primary sulfonamides is 1. The maximum absolute atomic E-state index is 14.5. The zero-order chi connectivity index (χ0) is 27.1. The molecule has 0 unspecified atom stereocenters. The third-order valence-corrected chi connectivity index (χ3v) is 6.98. The fourth-order valence-corrected chi connectivity index (χ4v) is 4.74. The van der Waals surface area contributed by atoms with E-state index in [1.54, 1.807) is 0 Å². The van der Waals surface area contributed by atoms with Crippen LogP contribution in [0.25, 0.3) is 0 Å². The van der Waals surface area contributed by atoms with Crippen LogP contribution in [0.2, 0.25) is 0 Å². The Morgan fingerprint density at radius 2 is 1.89 bits per heavy atom. The van der Waals surface area contributed by atoms with Gasteiger partial charge in [-0.2, -0.15) is 17.6 Å². The van der Waals surface area contributed by atoms with Gasteiger partial charge in [0.25, 0.3) is 10.0 Å². The first-order valence-corrected chi connectivity index (χ1v) is 11.9. The molecule has 1 aliphatic rings. The lowest BCUT2D eigenvalue weighted by atomic mass is 9.76. The summed E-state index contributed by atoms with van der Waals surface area (Å²) in [6.07, 6.45) is -5.43. The number of anilines is 2. The minimum atomic E-state index is -4.88. The Bertz CT molecular complexity index is 1280. The summed E-state index contributed by atoms with van der Waals surface area (Å²) in [5.74, 6) is -4.27. The van der Waals surface area contributed by atoms with Crippen molar-refractivity contribution in [3.05, 3.63) is 42.1 Å². The highest BCUT2D eigenvalue weighted by Gasteiger charge is 2.63. The summed E-state index contributed by atoms with van der Waals surface area (Å²) in [6, 6.07) is 3.97. The molecule has 3 rings (SSSR count). The van der Waals surface area contributed by atoms with E-state index < -0.39 is 75.0 Å². The molecule has 2 aromatic rings. The Morgan fingerprint density at radius 3 is 2.44 bits per heavy atom. The van der Waals surface area contributed by atoms with Gasteiger partial charge in [0, 0.05) is 44.4 Å². The molecule has 0 radical (unpaired) electrons. The molecule has 1 aromatic carbocycles. The standard InChI is InChI=1S/C21H23F5N4O5S/c1-19(18(31)29-12-6-8-28-15(10-12)36(27,32)33)11-20(35-3,21(24,25)26)7-9-30(19)14-5-4-13(22)16(23)17(14)34-2/h4-6,8,10H,7,9,11H2,1-3H3,(H2,27,32,33)(H,28,29,31)/t19-,20-/m0/s1. The number of nitrogens with two attached hydrogens (primary N) is 1. The maximum atomic E-state index is 14.5.